The Kier molecular flexibility index (Phi) is 11.5. The van der Waals surface area contributed by atoms with Crippen molar-refractivity contribution in [3.05, 3.63) is 101 Å². The molecule has 0 saturated carbocycles. The van der Waals surface area contributed by atoms with Crippen LogP contribution in [0.5, 0.6) is 0 Å². The van der Waals surface area contributed by atoms with E-state index in [-0.39, 0.29) is 24.6 Å². The van der Waals surface area contributed by atoms with Crippen LogP contribution in [-0.4, -0.2) is 86.3 Å². The molecule has 2 aromatic carbocycles. The lowest BCUT2D eigenvalue weighted by Gasteiger charge is -2.33. The first-order valence-electron chi connectivity index (χ1n) is 14.4. The molecule has 11 heteroatoms. The Hall–Kier alpha value is -4.22. The molecule has 1 aliphatic rings. The summed E-state index contributed by atoms with van der Waals surface area (Å²) in [5.41, 5.74) is 2.04. The quantitative estimate of drug-likeness (QED) is 0.277. The van der Waals surface area contributed by atoms with E-state index in [2.05, 4.69) is 9.88 Å². The number of ether oxygens (including phenoxy) is 2. The van der Waals surface area contributed by atoms with Crippen LogP contribution in [0.25, 0.3) is 6.08 Å². The number of halogens is 3. The molecule has 0 radical (unpaired) electrons. The second kappa shape index (κ2) is 15.5. The highest BCUT2D eigenvalue weighted by atomic mass is 19.4. The fourth-order valence-electron chi connectivity index (χ4n) is 4.86. The van der Waals surface area contributed by atoms with Crippen LogP contribution in [0.15, 0.2) is 79.0 Å². The van der Waals surface area contributed by atoms with Crippen molar-refractivity contribution in [3.8, 4) is 0 Å². The van der Waals surface area contributed by atoms with Crippen molar-refractivity contribution in [2.24, 2.45) is 0 Å². The third kappa shape index (κ3) is 9.14. The van der Waals surface area contributed by atoms with Crippen molar-refractivity contribution >= 4 is 23.6 Å². The van der Waals surface area contributed by atoms with Gasteiger partial charge >= 0.3 is 6.18 Å². The molecule has 1 fully saturated rings. The van der Waals surface area contributed by atoms with Gasteiger partial charge in [0.2, 0.25) is 11.8 Å². The SMILES string of the molecule is COCCN(C)C(=O)[C@H](Cc1ccccc1)N(Cc1ccc(N2CCOCC2)cc1)C(=O)/C=C/c1ccc(C(F)(F)F)cn1. The monoisotopic (exact) mass is 610 g/mol. The summed E-state index contributed by atoms with van der Waals surface area (Å²) in [4.78, 5) is 36.8. The topological polar surface area (TPSA) is 75.2 Å². The number of benzene rings is 2. The predicted molar refractivity (Wildman–Crippen MR) is 162 cm³/mol. The van der Waals surface area contributed by atoms with Crippen molar-refractivity contribution in [3.63, 3.8) is 0 Å². The van der Waals surface area contributed by atoms with Crippen molar-refractivity contribution < 1.29 is 32.2 Å². The maximum atomic E-state index is 13.9. The van der Waals surface area contributed by atoms with Crippen LogP contribution in [0, 0.1) is 0 Å². The number of nitrogens with zero attached hydrogens (tertiary/aromatic N) is 4. The number of hydrogen-bond donors (Lipinski definition) is 0. The van der Waals surface area contributed by atoms with Gasteiger partial charge in [-0.15, -0.1) is 0 Å². The number of anilines is 1. The summed E-state index contributed by atoms with van der Waals surface area (Å²) in [7, 11) is 3.22. The minimum atomic E-state index is -4.51. The van der Waals surface area contributed by atoms with Gasteiger partial charge in [0, 0.05) is 64.7 Å². The molecule has 0 N–H and O–H groups in total. The fraction of sp³-hybridized carbons (Fsp3) is 0.364. The number of likely N-dealkylation sites (N-methyl/N-ethyl adjacent to an activating group) is 1. The van der Waals surface area contributed by atoms with E-state index in [0.717, 1.165) is 42.2 Å². The molecule has 0 bridgehead atoms. The number of pyridine rings is 1. The van der Waals surface area contributed by atoms with Gasteiger partial charge in [0.25, 0.3) is 0 Å². The molecule has 234 valence electrons. The molecule has 1 saturated heterocycles. The van der Waals surface area contributed by atoms with Crippen molar-refractivity contribution in [2.45, 2.75) is 25.2 Å². The molecule has 4 rings (SSSR count). The average Bonchev–Trinajstić information content (AvgIpc) is 3.04. The van der Waals surface area contributed by atoms with Crippen LogP contribution < -0.4 is 4.90 Å². The van der Waals surface area contributed by atoms with E-state index < -0.39 is 23.7 Å². The van der Waals surface area contributed by atoms with Crippen LogP contribution in [0.2, 0.25) is 0 Å². The van der Waals surface area contributed by atoms with E-state index in [0.29, 0.717) is 26.4 Å². The second-order valence-electron chi connectivity index (χ2n) is 10.5. The van der Waals surface area contributed by atoms with Crippen molar-refractivity contribution in [1.29, 1.82) is 0 Å². The highest BCUT2D eigenvalue weighted by Gasteiger charge is 2.32. The van der Waals surface area contributed by atoms with E-state index >= 15 is 0 Å². The molecule has 1 atom stereocenters. The van der Waals surface area contributed by atoms with Gasteiger partial charge in [-0.2, -0.15) is 13.2 Å². The summed E-state index contributed by atoms with van der Waals surface area (Å²) in [5.74, 6) is -0.733. The molecule has 3 aromatic rings. The molecule has 8 nitrogen and oxygen atoms in total. The zero-order chi connectivity index (χ0) is 31.5. The van der Waals surface area contributed by atoms with Crippen LogP contribution in [0.4, 0.5) is 18.9 Å². The van der Waals surface area contributed by atoms with Gasteiger partial charge in [0.15, 0.2) is 0 Å². The molecular weight excluding hydrogens is 573 g/mol. The Bertz CT molecular complexity index is 1380. The molecule has 1 aromatic heterocycles. The van der Waals surface area contributed by atoms with Gasteiger partial charge in [-0.25, -0.2) is 0 Å². The van der Waals surface area contributed by atoms with Gasteiger partial charge in [-0.05, 0) is 41.5 Å². The summed E-state index contributed by atoms with van der Waals surface area (Å²) in [6.45, 7) is 3.68. The number of amides is 2. The predicted octanol–water partition coefficient (Wildman–Crippen LogP) is 4.70. The third-order valence-electron chi connectivity index (χ3n) is 7.40. The number of alkyl halides is 3. The molecule has 2 amide bonds. The van der Waals surface area contributed by atoms with E-state index in [1.807, 2.05) is 54.6 Å². The molecular formula is C33H37F3N4O4. The fourth-order valence-corrected chi connectivity index (χ4v) is 4.86. The Morgan fingerprint density at radius 1 is 1.02 bits per heavy atom. The summed E-state index contributed by atoms with van der Waals surface area (Å²) >= 11 is 0. The average molecular weight is 611 g/mol. The highest BCUT2D eigenvalue weighted by molar-refractivity contribution is 5.95. The zero-order valence-corrected chi connectivity index (χ0v) is 24.9. The summed E-state index contributed by atoms with van der Waals surface area (Å²) < 4.78 is 49.6. The van der Waals surface area contributed by atoms with Gasteiger partial charge < -0.3 is 24.2 Å². The minimum absolute atomic E-state index is 0.133. The smallest absolute Gasteiger partial charge is 0.383 e. The maximum absolute atomic E-state index is 13.9. The normalized spacial score (nSPS) is 14.4. The minimum Gasteiger partial charge on any atom is -0.383 e. The number of hydrogen-bond acceptors (Lipinski definition) is 6. The van der Waals surface area contributed by atoms with E-state index in [9.17, 15) is 22.8 Å². The molecule has 0 aliphatic carbocycles. The summed E-state index contributed by atoms with van der Waals surface area (Å²) in [6, 6.07) is 18.5. The first-order valence-corrected chi connectivity index (χ1v) is 14.4. The van der Waals surface area contributed by atoms with Crippen LogP contribution >= 0.6 is 0 Å². The Labute approximate surface area is 255 Å². The number of rotatable bonds is 12. The van der Waals surface area contributed by atoms with E-state index in [1.54, 1.807) is 19.1 Å². The van der Waals surface area contributed by atoms with Crippen molar-refractivity contribution in [1.82, 2.24) is 14.8 Å². The Morgan fingerprint density at radius 2 is 1.73 bits per heavy atom. The maximum Gasteiger partial charge on any atom is 0.417 e. The van der Waals surface area contributed by atoms with Gasteiger partial charge in [0.05, 0.1) is 31.1 Å². The van der Waals surface area contributed by atoms with Crippen molar-refractivity contribution in [2.75, 3.05) is 58.5 Å². The lowest BCUT2D eigenvalue weighted by Crippen LogP contribution is -2.51. The second-order valence-corrected chi connectivity index (χ2v) is 10.5. The van der Waals surface area contributed by atoms with E-state index in [4.69, 9.17) is 9.47 Å². The molecule has 0 unspecified atom stereocenters. The lowest BCUT2D eigenvalue weighted by molar-refractivity contribution is -0.143. The number of methoxy groups -OCH3 is 1. The standard InChI is InChI=1S/C33H37F3N4O4/c1-38(16-19-43-2)32(42)30(22-25-6-4-3-5-7-25)40(24-26-8-13-29(14-9-26)39-17-20-44-21-18-39)31(41)15-12-28-11-10-27(23-37-28)33(34,35)36/h3-15,23,30H,16-22,24H2,1-2H3/b15-12+/t30-/m0/s1. The van der Waals surface area contributed by atoms with Crippen LogP contribution in [0.1, 0.15) is 22.4 Å². The number of morpholine rings is 1. The number of carbonyl (C=O) groups excluding carboxylic acids is 2. The first-order chi connectivity index (χ1) is 21.2. The van der Waals surface area contributed by atoms with Gasteiger partial charge in [-0.3, -0.25) is 14.6 Å². The molecule has 1 aliphatic heterocycles. The molecule has 2 heterocycles. The molecule has 44 heavy (non-hydrogen) atoms. The Morgan fingerprint density at radius 3 is 2.34 bits per heavy atom. The third-order valence-corrected chi connectivity index (χ3v) is 7.40. The molecule has 0 spiro atoms. The van der Waals surface area contributed by atoms with Gasteiger partial charge in [-0.1, -0.05) is 42.5 Å². The van der Waals surface area contributed by atoms with Gasteiger partial charge in [0.1, 0.15) is 6.04 Å². The van der Waals surface area contributed by atoms with Crippen LogP contribution in [-0.2, 0) is 38.2 Å². The Balaban J connectivity index is 1.65. The van der Waals surface area contributed by atoms with Crippen LogP contribution in [0.3, 0.4) is 0 Å². The lowest BCUT2D eigenvalue weighted by atomic mass is 10.0. The summed E-state index contributed by atoms with van der Waals surface area (Å²) in [6.07, 6.45) is -0.918. The first kappa shape index (κ1) is 32.7. The summed E-state index contributed by atoms with van der Waals surface area (Å²) in [5, 5.41) is 0. The number of aromatic nitrogens is 1. The largest absolute Gasteiger partial charge is 0.417 e. The number of carbonyl (C=O) groups is 2. The van der Waals surface area contributed by atoms with E-state index in [1.165, 1.54) is 23.1 Å². The zero-order valence-electron chi connectivity index (χ0n) is 24.9. The highest BCUT2D eigenvalue weighted by Crippen LogP contribution is 2.28.